The molecule has 2 N–H and O–H groups in total. The Bertz CT molecular complexity index is 340. The van der Waals surface area contributed by atoms with Gasteiger partial charge in [-0.05, 0) is 12.8 Å². The highest BCUT2D eigenvalue weighted by Gasteiger charge is 2.40. The highest BCUT2D eigenvalue weighted by Crippen LogP contribution is 2.33. The molecule has 0 bridgehead atoms. The van der Waals surface area contributed by atoms with E-state index >= 15 is 0 Å². The summed E-state index contributed by atoms with van der Waals surface area (Å²) in [5.41, 5.74) is 0. The number of aliphatic hydroxyl groups excluding tert-OH is 1. The van der Waals surface area contributed by atoms with E-state index < -0.39 is 11.9 Å². The van der Waals surface area contributed by atoms with Gasteiger partial charge in [-0.3, -0.25) is 14.5 Å². The maximum atomic E-state index is 12.4. The minimum Gasteiger partial charge on any atom is -0.481 e. The van der Waals surface area contributed by atoms with Crippen molar-refractivity contribution >= 4 is 11.9 Å². The van der Waals surface area contributed by atoms with Crippen molar-refractivity contribution in [3.63, 3.8) is 0 Å². The fraction of sp³-hybridized carbons (Fsp3) is 0.846. The summed E-state index contributed by atoms with van der Waals surface area (Å²) in [6.45, 7) is 3.58. The number of piperazine rings is 1. The van der Waals surface area contributed by atoms with Gasteiger partial charge in [-0.15, -0.1) is 0 Å². The van der Waals surface area contributed by atoms with E-state index in [-0.39, 0.29) is 18.4 Å². The topological polar surface area (TPSA) is 81.1 Å². The summed E-state index contributed by atoms with van der Waals surface area (Å²) < 4.78 is 0. The van der Waals surface area contributed by atoms with Crippen molar-refractivity contribution in [3.8, 4) is 0 Å². The molecule has 1 saturated heterocycles. The summed E-state index contributed by atoms with van der Waals surface area (Å²) in [4.78, 5) is 27.4. The highest BCUT2D eigenvalue weighted by molar-refractivity contribution is 5.85. The Hall–Kier alpha value is -1.14. The fourth-order valence-corrected chi connectivity index (χ4v) is 3.12. The molecule has 1 amide bonds. The Morgan fingerprint density at radius 2 is 1.68 bits per heavy atom. The average molecular weight is 270 g/mol. The fourth-order valence-electron chi connectivity index (χ4n) is 3.12. The van der Waals surface area contributed by atoms with Crippen LogP contribution in [0.2, 0.25) is 0 Å². The van der Waals surface area contributed by atoms with Crippen LogP contribution in [0.15, 0.2) is 0 Å². The van der Waals surface area contributed by atoms with E-state index in [1.54, 1.807) is 4.90 Å². The number of aliphatic carboxylic acids is 1. The first-order chi connectivity index (χ1) is 9.13. The molecule has 0 aromatic heterocycles. The molecule has 6 heteroatoms. The van der Waals surface area contributed by atoms with Crippen molar-refractivity contribution in [2.24, 2.45) is 11.8 Å². The van der Waals surface area contributed by atoms with Crippen LogP contribution in [-0.2, 0) is 9.59 Å². The van der Waals surface area contributed by atoms with Crippen molar-refractivity contribution in [1.29, 1.82) is 0 Å². The number of rotatable bonds is 4. The lowest BCUT2D eigenvalue weighted by Crippen LogP contribution is -2.51. The number of hydrogen-bond acceptors (Lipinski definition) is 4. The SMILES string of the molecule is O=C(O)[C@H]1CCC[C@H]1C(=O)N1CCN(CCO)CC1. The number of carbonyl (C=O) groups is 2. The zero-order valence-electron chi connectivity index (χ0n) is 11.1. The van der Waals surface area contributed by atoms with Crippen LogP contribution < -0.4 is 0 Å². The Kier molecular flexibility index (Phi) is 4.76. The number of carboxylic acid groups (broad SMARTS) is 1. The van der Waals surface area contributed by atoms with Gasteiger partial charge in [-0.2, -0.15) is 0 Å². The van der Waals surface area contributed by atoms with E-state index in [4.69, 9.17) is 10.2 Å². The van der Waals surface area contributed by atoms with E-state index in [0.29, 0.717) is 32.5 Å². The monoisotopic (exact) mass is 270 g/mol. The van der Waals surface area contributed by atoms with Crippen molar-refractivity contribution in [1.82, 2.24) is 9.80 Å². The second-order valence-electron chi connectivity index (χ2n) is 5.37. The molecule has 1 aliphatic carbocycles. The predicted octanol–water partition coefficient (Wildman–Crippen LogP) is -0.376. The van der Waals surface area contributed by atoms with Crippen LogP contribution in [0.25, 0.3) is 0 Å². The van der Waals surface area contributed by atoms with Gasteiger partial charge in [-0.25, -0.2) is 0 Å². The average Bonchev–Trinajstić information content (AvgIpc) is 2.88. The molecule has 0 aromatic rings. The van der Waals surface area contributed by atoms with Gasteiger partial charge in [0.2, 0.25) is 5.91 Å². The summed E-state index contributed by atoms with van der Waals surface area (Å²) in [6, 6.07) is 0. The van der Waals surface area contributed by atoms with Gasteiger partial charge in [0.1, 0.15) is 0 Å². The second kappa shape index (κ2) is 6.34. The number of carboxylic acids is 1. The van der Waals surface area contributed by atoms with Crippen LogP contribution in [0.5, 0.6) is 0 Å². The number of amides is 1. The number of β-amino-alcohol motifs (C(OH)–C–C–N with tert-alkyl or cyclic N) is 1. The molecule has 2 rings (SSSR count). The summed E-state index contributed by atoms with van der Waals surface area (Å²) >= 11 is 0. The first-order valence-electron chi connectivity index (χ1n) is 6.98. The van der Waals surface area contributed by atoms with E-state index in [1.807, 2.05) is 0 Å². The van der Waals surface area contributed by atoms with Crippen molar-refractivity contribution < 1.29 is 19.8 Å². The Labute approximate surface area is 113 Å². The summed E-state index contributed by atoms with van der Waals surface area (Å²) in [6.07, 6.45) is 2.15. The second-order valence-corrected chi connectivity index (χ2v) is 5.37. The van der Waals surface area contributed by atoms with Crippen LogP contribution in [0.4, 0.5) is 0 Å². The molecule has 108 valence electrons. The molecule has 0 spiro atoms. The first kappa shape index (κ1) is 14.3. The molecule has 2 atom stereocenters. The number of hydrogen-bond donors (Lipinski definition) is 2. The molecule has 2 aliphatic rings. The Morgan fingerprint density at radius 1 is 1.05 bits per heavy atom. The summed E-state index contributed by atoms with van der Waals surface area (Å²) in [5.74, 6) is -1.66. The van der Waals surface area contributed by atoms with Gasteiger partial charge < -0.3 is 15.1 Å². The normalized spacial score (nSPS) is 28.6. The molecule has 6 nitrogen and oxygen atoms in total. The minimum atomic E-state index is -0.838. The highest BCUT2D eigenvalue weighted by atomic mass is 16.4. The Morgan fingerprint density at radius 3 is 2.26 bits per heavy atom. The molecule has 0 unspecified atom stereocenters. The quantitative estimate of drug-likeness (QED) is 0.728. The van der Waals surface area contributed by atoms with Gasteiger partial charge in [0, 0.05) is 32.7 Å². The largest absolute Gasteiger partial charge is 0.481 e. The molecule has 1 aliphatic heterocycles. The molecule has 0 aromatic carbocycles. The first-order valence-corrected chi connectivity index (χ1v) is 6.98. The van der Waals surface area contributed by atoms with Crippen molar-refractivity contribution in [3.05, 3.63) is 0 Å². The lowest BCUT2D eigenvalue weighted by Gasteiger charge is -2.36. The third kappa shape index (κ3) is 3.25. The molecular weight excluding hydrogens is 248 g/mol. The lowest BCUT2D eigenvalue weighted by molar-refractivity contribution is -0.149. The van der Waals surface area contributed by atoms with Crippen LogP contribution >= 0.6 is 0 Å². The van der Waals surface area contributed by atoms with E-state index in [1.165, 1.54) is 0 Å². The maximum Gasteiger partial charge on any atom is 0.307 e. The van der Waals surface area contributed by atoms with Crippen LogP contribution in [0, 0.1) is 11.8 Å². The predicted molar refractivity (Wildman–Crippen MR) is 68.6 cm³/mol. The molecule has 1 heterocycles. The minimum absolute atomic E-state index is 0.00792. The van der Waals surface area contributed by atoms with Crippen LogP contribution in [0.1, 0.15) is 19.3 Å². The molecule has 0 radical (unpaired) electrons. The Balaban J connectivity index is 1.89. The number of nitrogens with zero attached hydrogens (tertiary/aromatic N) is 2. The van der Waals surface area contributed by atoms with Gasteiger partial charge in [-0.1, -0.05) is 6.42 Å². The van der Waals surface area contributed by atoms with Gasteiger partial charge in [0.15, 0.2) is 0 Å². The standard InChI is InChI=1S/C13H22N2O4/c16-9-8-14-4-6-15(7-5-14)12(17)10-2-1-3-11(10)13(18)19/h10-11,16H,1-9H2,(H,18,19)/t10-,11+/m1/s1. The molecule has 2 fully saturated rings. The molecule has 19 heavy (non-hydrogen) atoms. The number of aliphatic hydroxyl groups is 1. The summed E-state index contributed by atoms with van der Waals surface area (Å²) in [7, 11) is 0. The third-order valence-corrected chi connectivity index (χ3v) is 4.25. The molecule has 1 saturated carbocycles. The van der Waals surface area contributed by atoms with E-state index in [2.05, 4.69) is 4.90 Å². The maximum absolute atomic E-state index is 12.4. The van der Waals surface area contributed by atoms with Gasteiger partial charge in [0.05, 0.1) is 18.4 Å². The zero-order chi connectivity index (χ0) is 13.8. The molecular formula is C13H22N2O4. The van der Waals surface area contributed by atoms with Crippen molar-refractivity contribution in [2.45, 2.75) is 19.3 Å². The van der Waals surface area contributed by atoms with Crippen LogP contribution in [0.3, 0.4) is 0 Å². The van der Waals surface area contributed by atoms with Crippen molar-refractivity contribution in [2.75, 3.05) is 39.3 Å². The van der Waals surface area contributed by atoms with E-state index in [0.717, 1.165) is 19.5 Å². The lowest BCUT2D eigenvalue weighted by atomic mass is 9.94. The summed E-state index contributed by atoms with van der Waals surface area (Å²) in [5, 5.41) is 18.0. The van der Waals surface area contributed by atoms with Gasteiger partial charge >= 0.3 is 5.97 Å². The van der Waals surface area contributed by atoms with Gasteiger partial charge in [0.25, 0.3) is 0 Å². The van der Waals surface area contributed by atoms with Crippen LogP contribution in [-0.4, -0.2) is 71.2 Å². The smallest absolute Gasteiger partial charge is 0.307 e. The zero-order valence-corrected chi connectivity index (χ0v) is 11.1. The van der Waals surface area contributed by atoms with E-state index in [9.17, 15) is 9.59 Å². The number of carbonyl (C=O) groups excluding carboxylic acids is 1. The third-order valence-electron chi connectivity index (χ3n) is 4.25.